The Morgan fingerprint density at radius 2 is 1.92 bits per heavy atom. The van der Waals surface area contributed by atoms with E-state index in [9.17, 15) is 9.59 Å². The van der Waals surface area contributed by atoms with Crippen molar-refractivity contribution in [2.24, 2.45) is 0 Å². The summed E-state index contributed by atoms with van der Waals surface area (Å²) in [4.78, 5) is 24.0. The third-order valence-electron chi connectivity index (χ3n) is 4.09. The highest BCUT2D eigenvalue weighted by Crippen LogP contribution is 2.25. The van der Waals surface area contributed by atoms with Gasteiger partial charge in [-0.25, -0.2) is 0 Å². The van der Waals surface area contributed by atoms with Gasteiger partial charge in [0.2, 0.25) is 0 Å². The Kier molecular flexibility index (Phi) is 4.76. The molecular formula is C21H17NO4. The number of hydrogen-bond acceptors (Lipinski definition) is 3. The summed E-state index contributed by atoms with van der Waals surface area (Å²) in [5.74, 6) is 1.89. The third-order valence-corrected chi connectivity index (χ3v) is 4.09. The highest BCUT2D eigenvalue weighted by molar-refractivity contribution is 6.04. The normalized spacial score (nSPS) is 10.5. The highest BCUT2D eigenvalue weighted by atomic mass is 16.5. The molecule has 3 aromatic rings. The van der Waals surface area contributed by atoms with Crippen molar-refractivity contribution in [3.8, 4) is 18.1 Å². The van der Waals surface area contributed by atoms with Gasteiger partial charge in [-0.2, -0.15) is 0 Å². The van der Waals surface area contributed by atoms with Gasteiger partial charge >= 0.3 is 5.97 Å². The van der Waals surface area contributed by atoms with Crippen LogP contribution in [0, 0.1) is 19.3 Å². The standard InChI is InChI=1S/C21H17NO4/c1-3-11-26-17-9-7-15(8-10-17)21(25)22-14(2)12-18-16(13-20(23)24)5-4-6-19(18)22/h1,4-10,12H,11,13H2,2H3,(H,23,24). The number of aliphatic carboxylic acids is 1. The Bertz CT molecular complexity index is 1020. The number of rotatable bonds is 5. The van der Waals surface area contributed by atoms with E-state index >= 15 is 0 Å². The van der Waals surface area contributed by atoms with Crippen LogP contribution in [0.1, 0.15) is 21.6 Å². The molecule has 3 rings (SSSR count). The summed E-state index contributed by atoms with van der Waals surface area (Å²) in [6.07, 6.45) is 5.07. The van der Waals surface area contributed by atoms with Gasteiger partial charge in [0.1, 0.15) is 12.4 Å². The summed E-state index contributed by atoms with van der Waals surface area (Å²) in [5, 5.41) is 9.85. The van der Waals surface area contributed by atoms with Gasteiger partial charge in [-0.1, -0.05) is 18.1 Å². The van der Waals surface area contributed by atoms with E-state index < -0.39 is 5.97 Å². The number of benzene rings is 2. The van der Waals surface area contributed by atoms with Crippen molar-refractivity contribution in [3.05, 3.63) is 65.4 Å². The fourth-order valence-electron chi connectivity index (χ4n) is 2.96. The van der Waals surface area contributed by atoms with E-state index in [-0.39, 0.29) is 18.9 Å². The zero-order valence-corrected chi connectivity index (χ0v) is 14.2. The summed E-state index contributed by atoms with van der Waals surface area (Å²) in [6, 6.07) is 13.9. The number of carboxylic acids is 1. The van der Waals surface area contributed by atoms with E-state index in [0.29, 0.717) is 22.4 Å². The molecule has 1 N–H and O–H groups in total. The molecule has 130 valence electrons. The molecule has 0 aliphatic carbocycles. The number of ether oxygens (including phenoxy) is 1. The van der Waals surface area contributed by atoms with Crippen LogP contribution in [0.3, 0.4) is 0 Å². The van der Waals surface area contributed by atoms with Crippen LogP contribution in [0.5, 0.6) is 5.75 Å². The maximum atomic E-state index is 13.0. The molecule has 0 saturated heterocycles. The SMILES string of the molecule is C#CCOc1ccc(C(=O)n2c(C)cc3c(CC(=O)O)cccc32)cc1. The average Bonchev–Trinajstić information content (AvgIpc) is 2.96. The fraction of sp³-hybridized carbons (Fsp3) is 0.143. The van der Waals surface area contributed by atoms with Gasteiger partial charge in [-0.15, -0.1) is 6.42 Å². The molecule has 0 fully saturated rings. The van der Waals surface area contributed by atoms with Crippen molar-refractivity contribution in [1.29, 1.82) is 0 Å². The van der Waals surface area contributed by atoms with Crippen LogP contribution in [-0.2, 0) is 11.2 Å². The molecule has 1 aromatic heterocycles. The van der Waals surface area contributed by atoms with E-state index in [1.807, 2.05) is 19.1 Å². The van der Waals surface area contributed by atoms with Crippen molar-refractivity contribution >= 4 is 22.8 Å². The number of carbonyl (C=O) groups is 2. The Morgan fingerprint density at radius 3 is 2.58 bits per heavy atom. The molecular weight excluding hydrogens is 330 g/mol. The number of nitrogens with zero attached hydrogens (tertiary/aromatic N) is 1. The number of terminal acetylenes is 1. The van der Waals surface area contributed by atoms with Crippen LogP contribution >= 0.6 is 0 Å². The van der Waals surface area contributed by atoms with Crippen molar-refractivity contribution in [2.45, 2.75) is 13.3 Å². The summed E-state index contributed by atoms with van der Waals surface area (Å²) < 4.78 is 6.91. The molecule has 0 amide bonds. The van der Waals surface area contributed by atoms with Gasteiger partial charge in [0.15, 0.2) is 0 Å². The molecule has 1 heterocycles. The molecule has 0 unspecified atom stereocenters. The number of aryl methyl sites for hydroxylation is 1. The molecule has 5 nitrogen and oxygen atoms in total. The molecule has 0 bridgehead atoms. The molecule has 5 heteroatoms. The van der Waals surface area contributed by atoms with Gasteiger partial charge in [0.05, 0.1) is 11.9 Å². The lowest BCUT2D eigenvalue weighted by atomic mass is 10.1. The van der Waals surface area contributed by atoms with Crippen LogP contribution in [0.4, 0.5) is 0 Å². The number of hydrogen-bond donors (Lipinski definition) is 1. The maximum absolute atomic E-state index is 13.0. The molecule has 0 aliphatic heterocycles. The van der Waals surface area contributed by atoms with E-state index in [1.54, 1.807) is 41.0 Å². The number of aromatic nitrogens is 1. The lowest BCUT2D eigenvalue weighted by Crippen LogP contribution is -2.13. The van der Waals surface area contributed by atoms with Crippen LogP contribution < -0.4 is 4.74 Å². The average molecular weight is 347 g/mol. The Morgan fingerprint density at radius 1 is 1.19 bits per heavy atom. The Hall–Kier alpha value is -3.52. The van der Waals surface area contributed by atoms with Crippen LogP contribution in [0.15, 0.2) is 48.5 Å². The minimum atomic E-state index is -0.906. The number of carbonyl (C=O) groups excluding carboxylic acids is 1. The fourth-order valence-corrected chi connectivity index (χ4v) is 2.96. The molecule has 26 heavy (non-hydrogen) atoms. The minimum Gasteiger partial charge on any atom is -0.481 e. The van der Waals surface area contributed by atoms with Crippen molar-refractivity contribution < 1.29 is 19.4 Å². The van der Waals surface area contributed by atoms with Crippen molar-refractivity contribution in [2.75, 3.05) is 6.61 Å². The lowest BCUT2D eigenvalue weighted by Gasteiger charge is -2.09. The highest BCUT2D eigenvalue weighted by Gasteiger charge is 2.17. The summed E-state index contributed by atoms with van der Waals surface area (Å²) >= 11 is 0. The monoisotopic (exact) mass is 347 g/mol. The molecule has 0 atom stereocenters. The summed E-state index contributed by atoms with van der Waals surface area (Å²) in [5.41, 5.74) is 2.62. The third kappa shape index (κ3) is 3.31. The molecule has 2 aromatic carbocycles. The Labute approximate surface area is 150 Å². The lowest BCUT2D eigenvalue weighted by molar-refractivity contribution is -0.136. The molecule has 0 saturated carbocycles. The largest absolute Gasteiger partial charge is 0.481 e. The van der Waals surface area contributed by atoms with E-state index in [2.05, 4.69) is 5.92 Å². The first-order valence-electron chi connectivity index (χ1n) is 8.04. The second kappa shape index (κ2) is 7.16. The number of carboxylic acid groups (broad SMARTS) is 1. The molecule has 0 spiro atoms. The van der Waals surface area contributed by atoms with Gasteiger partial charge in [-0.3, -0.25) is 14.2 Å². The van der Waals surface area contributed by atoms with Crippen molar-refractivity contribution in [3.63, 3.8) is 0 Å². The van der Waals surface area contributed by atoms with Crippen LogP contribution in [0.2, 0.25) is 0 Å². The first-order valence-corrected chi connectivity index (χ1v) is 8.04. The van der Waals surface area contributed by atoms with Crippen LogP contribution in [0.25, 0.3) is 10.9 Å². The smallest absolute Gasteiger partial charge is 0.307 e. The zero-order valence-electron chi connectivity index (χ0n) is 14.2. The first kappa shape index (κ1) is 17.3. The van der Waals surface area contributed by atoms with Gasteiger partial charge < -0.3 is 9.84 Å². The summed E-state index contributed by atoms with van der Waals surface area (Å²) in [7, 11) is 0. The second-order valence-electron chi connectivity index (χ2n) is 5.86. The van der Waals surface area contributed by atoms with Crippen molar-refractivity contribution in [1.82, 2.24) is 4.57 Å². The molecule has 0 radical (unpaired) electrons. The van der Waals surface area contributed by atoms with Gasteiger partial charge in [-0.05, 0) is 48.9 Å². The van der Waals surface area contributed by atoms with E-state index in [4.69, 9.17) is 16.3 Å². The van der Waals surface area contributed by atoms with E-state index in [0.717, 1.165) is 11.1 Å². The second-order valence-corrected chi connectivity index (χ2v) is 5.86. The zero-order chi connectivity index (χ0) is 18.7. The predicted molar refractivity (Wildman–Crippen MR) is 98.5 cm³/mol. The predicted octanol–water partition coefficient (Wildman–Crippen LogP) is 3.28. The van der Waals surface area contributed by atoms with Crippen LogP contribution in [-0.4, -0.2) is 28.2 Å². The van der Waals surface area contributed by atoms with E-state index in [1.165, 1.54) is 0 Å². The Balaban J connectivity index is 1.99. The van der Waals surface area contributed by atoms with Gasteiger partial charge in [0, 0.05) is 16.6 Å². The topological polar surface area (TPSA) is 68.5 Å². The maximum Gasteiger partial charge on any atom is 0.307 e. The van der Waals surface area contributed by atoms with Gasteiger partial charge in [0.25, 0.3) is 5.91 Å². The molecule has 0 aliphatic rings. The summed E-state index contributed by atoms with van der Waals surface area (Å²) in [6.45, 7) is 1.99. The quantitative estimate of drug-likeness (QED) is 0.719. The number of fused-ring (bicyclic) bond motifs is 1. The first-order chi connectivity index (χ1) is 12.5. The minimum absolute atomic E-state index is 0.0871.